The normalized spacial score (nSPS) is 23.6. The minimum atomic E-state index is -0.237. The van der Waals surface area contributed by atoms with Gasteiger partial charge in [-0.1, -0.05) is 60.7 Å². The van der Waals surface area contributed by atoms with Crippen LogP contribution >= 0.6 is 0 Å². The molecular weight excluding hydrogens is 386 g/mol. The molecule has 0 saturated carbocycles. The van der Waals surface area contributed by atoms with E-state index < -0.39 is 0 Å². The number of carbonyl (C=O) groups excluding carboxylic acids is 1. The molecule has 5 rings (SSSR count). The molecule has 1 amide bonds. The lowest BCUT2D eigenvalue weighted by Crippen LogP contribution is -2.39. The molecule has 0 bridgehead atoms. The van der Waals surface area contributed by atoms with Crippen molar-refractivity contribution in [2.24, 2.45) is 11.3 Å². The summed E-state index contributed by atoms with van der Waals surface area (Å²) in [5, 5.41) is 11.2. The van der Waals surface area contributed by atoms with Crippen molar-refractivity contribution in [3.63, 3.8) is 0 Å². The van der Waals surface area contributed by atoms with Crippen molar-refractivity contribution in [1.82, 2.24) is 14.8 Å². The first-order chi connectivity index (χ1) is 15.2. The van der Waals surface area contributed by atoms with Crippen LogP contribution in [0.5, 0.6) is 0 Å². The molecule has 5 nitrogen and oxygen atoms in total. The molecule has 3 aromatic rings. The second kappa shape index (κ2) is 8.25. The molecule has 31 heavy (non-hydrogen) atoms. The van der Waals surface area contributed by atoms with E-state index in [-0.39, 0.29) is 17.9 Å². The molecule has 2 aromatic carbocycles. The third kappa shape index (κ3) is 3.75. The highest BCUT2D eigenvalue weighted by Gasteiger charge is 2.53. The number of benzene rings is 2. The van der Waals surface area contributed by atoms with Gasteiger partial charge in [0.1, 0.15) is 0 Å². The number of likely N-dealkylation sites (tertiary alicyclic amines) is 2. The summed E-state index contributed by atoms with van der Waals surface area (Å²) >= 11 is 0. The molecule has 1 N–H and O–H groups in total. The highest BCUT2D eigenvalue weighted by molar-refractivity contribution is 6.06. The number of rotatable bonds is 5. The minimum Gasteiger partial charge on any atom is -0.396 e. The second-order valence-corrected chi connectivity index (χ2v) is 8.79. The van der Waals surface area contributed by atoms with E-state index in [0.29, 0.717) is 24.6 Å². The topological polar surface area (TPSA) is 56.7 Å². The SMILES string of the molecule is O=C(c1ccnc2ccccc12)N1C[C@@H]2CN(C/C=C/c3ccccc3)C[C@]2(CO)C1. The number of hydrogen-bond donors (Lipinski definition) is 1. The number of carbonyl (C=O) groups is 1. The van der Waals surface area contributed by atoms with E-state index in [1.807, 2.05) is 53.4 Å². The lowest BCUT2D eigenvalue weighted by molar-refractivity contribution is 0.0726. The standard InChI is InChI=1S/C26H27N3O2/c30-19-26-17-28(14-6-9-20-7-2-1-3-8-20)15-21(26)16-29(18-26)25(31)23-12-13-27-24-11-5-4-10-22(23)24/h1-13,21,30H,14-19H2/b9-6+/t21-,26+/m0/s1. The molecule has 2 atom stereocenters. The van der Waals surface area contributed by atoms with Crippen molar-refractivity contribution >= 4 is 22.9 Å². The van der Waals surface area contributed by atoms with Gasteiger partial charge in [-0.2, -0.15) is 0 Å². The lowest BCUT2D eigenvalue weighted by Gasteiger charge is -2.27. The van der Waals surface area contributed by atoms with Crippen LogP contribution in [-0.2, 0) is 0 Å². The number of nitrogens with zero attached hydrogens (tertiary/aromatic N) is 3. The molecule has 158 valence electrons. The van der Waals surface area contributed by atoms with Crippen LogP contribution in [0.4, 0.5) is 0 Å². The molecule has 1 aromatic heterocycles. The molecule has 2 fully saturated rings. The maximum Gasteiger partial charge on any atom is 0.254 e. The second-order valence-electron chi connectivity index (χ2n) is 8.79. The molecule has 0 radical (unpaired) electrons. The van der Waals surface area contributed by atoms with Crippen molar-refractivity contribution in [2.75, 3.05) is 39.3 Å². The molecule has 5 heteroatoms. The fraction of sp³-hybridized carbons (Fsp3) is 0.308. The number of aromatic nitrogens is 1. The Labute approximate surface area is 182 Å². The summed E-state index contributed by atoms with van der Waals surface area (Å²) in [6.45, 7) is 3.97. The molecular formula is C26H27N3O2. The summed E-state index contributed by atoms with van der Waals surface area (Å²) in [5.74, 6) is 0.330. The molecule has 3 heterocycles. The van der Waals surface area contributed by atoms with Gasteiger partial charge in [-0.3, -0.25) is 14.7 Å². The van der Waals surface area contributed by atoms with Crippen LogP contribution in [0.25, 0.3) is 17.0 Å². The molecule has 2 aliphatic heterocycles. The Balaban J connectivity index is 1.28. The van der Waals surface area contributed by atoms with Crippen LogP contribution < -0.4 is 0 Å². The summed E-state index contributed by atoms with van der Waals surface area (Å²) in [5.41, 5.74) is 2.49. The van der Waals surface area contributed by atoms with Crippen LogP contribution in [0.1, 0.15) is 15.9 Å². The maximum absolute atomic E-state index is 13.4. The highest BCUT2D eigenvalue weighted by Crippen LogP contribution is 2.42. The van der Waals surface area contributed by atoms with E-state index >= 15 is 0 Å². The van der Waals surface area contributed by atoms with Gasteiger partial charge in [0, 0.05) is 49.7 Å². The number of amides is 1. The van der Waals surface area contributed by atoms with E-state index in [1.54, 1.807) is 6.20 Å². The Morgan fingerprint density at radius 1 is 1.06 bits per heavy atom. The number of para-hydroxylation sites is 1. The average molecular weight is 414 g/mol. The third-order valence-electron chi connectivity index (χ3n) is 6.78. The van der Waals surface area contributed by atoms with Crippen LogP contribution in [0, 0.1) is 11.3 Å². The highest BCUT2D eigenvalue weighted by atomic mass is 16.3. The van der Waals surface area contributed by atoms with Gasteiger partial charge in [-0.05, 0) is 23.6 Å². The van der Waals surface area contributed by atoms with Crippen LogP contribution in [0.3, 0.4) is 0 Å². The lowest BCUT2D eigenvalue weighted by atomic mass is 9.82. The maximum atomic E-state index is 13.4. The van der Waals surface area contributed by atoms with Crippen molar-refractivity contribution in [3.05, 3.63) is 84.1 Å². The first-order valence-electron chi connectivity index (χ1n) is 10.9. The fourth-order valence-corrected chi connectivity index (χ4v) is 5.16. The monoisotopic (exact) mass is 413 g/mol. The first-order valence-corrected chi connectivity index (χ1v) is 10.9. The van der Waals surface area contributed by atoms with E-state index in [0.717, 1.165) is 30.5 Å². The minimum absolute atomic E-state index is 0.0383. The Morgan fingerprint density at radius 3 is 2.68 bits per heavy atom. The Kier molecular flexibility index (Phi) is 5.30. The zero-order chi connectivity index (χ0) is 21.3. The third-order valence-corrected chi connectivity index (χ3v) is 6.78. The number of hydrogen-bond acceptors (Lipinski definition) is 4. The Hall–Kier alpha value is -3.02. The number of pyridine rings is 1. The Bertz CT molecular complexity index is 1110. The van der Waals surface area contributed by atoms with Crippen LogP contribution in [0.2, 0.25) is 0 Å². The van der Waals surface area contributed by atoms with Gasteiger partial charge in [0.15, 0.2) is 0 Å². The molecule has 0 unspecified atom stereocenters. The van der Waals surface area contributed by atoms with Gasteiger partial charge >= 0.3 is 0 Å². The zero-order valence-corrected chi connectivity index (χ0v) is 17.5. The van der Waals surface area contributed by atoms with E-state index in [1.165, 1.54) is 5.56 Å². The summed E-state index contributed by atoms with van der Waals surface area (Å²) < 4.78 is 0. The van der Waals surface area contributed by atoms with Gasteiger partial charge < -0.3 is 10.0 Å². The van der Waals surface area contributed by atoms with Crippen molar-refractivity contribution < 1.29 is 9.90 Å². The fourth-order valence-electron chi connectivity index (χ4n) is 5.16. The number of aliphatic hydroxyl groups is 1. The van der Waals surface area contributed by atoms with Crippen molar-refractivity contribution in [3.8, 4) is 0 Å². The van der Waals surface area contributed by atoms with Crippen molar-refractivity contribution in [2.45, 2.75) is 0 Å². The van der Waals surface area contributed by atoms with Gasteiger partial charge in [0.25, 0.3) is 5.91 Å². The predicted octanol–water partition coefficient (Wildman–Crippen LogP) is 3.31. The van der Waals surface area contributed by atoms with Crippen LogP contribution in [-0.4, -0.2) is 65.1 Å². The smallest absolute Gasteiger partial charge is 0.254 e. The summed E-state index contributed by atoms with van der Waals surface area (Å²) in [7, 11) is 0. The molecule has 2 saturated heterocycles. The predicted molar refractivity (Wildman–Crippen MR) is 123 cm³/mol. The van der Waals surface area contributed by atoms with Crippen molar-refractivity contribution in [1.29, 1.82) is 0 Å². The number of fused-ring (bicyclic) bond motifs is 2. The van der Waals surface area contributed by atoms with E-state index in [2.05, 4.69) is 34.2 Å². The van der Waals surface area contributed by atoms with Crippen LogP contribution in [0.15, 0.2) is 72.9 Å². The summed E-state index contributed by atoms with van der Waals surface area (Å²) in [6.07, 6.45) is 6.03. The van der Waals surface area contributed by atoms with E-state index in [4.69, 9.17) is 0 Å². The summed E-state index contributed by atoms with van der Waals surface area (Å²) in [6, 6.07) is 19.9. The molecule has 0 aliphatic carbocycles. The largest absolute Gasteiger partial charge is 0.396 e. The first kappa shape index (κ1) is 19.9. The van der Waals surface area contributed by atoms with Gasteiger partial charge in [0.2, 0.25) is 0 Å². The van der Waals surface area contributed by atoms with Gasteiger partial charge in [-0.25, -0.2) is 0 Å². The van der Waals surface area contributed by atoms with E-state index in [9.17, 15) is 9.90 Å². The Morgan fingerprint density at radius 2 is 1.87 bits per heavy atom. The quantitative estimate of drug-likeness (QED) is 0.697. The average Bonchev–Trinajstić information content (AvgIpc) is 3.33. The molecule has 2 aliphatic rings. The molecule has 0 spiro atoms. The van der Waals surface area contributed by atoms with Gasteiger partial charge in [-0.15, -0.1) is 0 Å². The van der Waals surface area contributed by atoms with Gasteiger partial charge in [0.05, 0.1) is 17.7 Å². The number of aliphatic hydroxyl groups excluding tert-OH is 1. The zero-order valence-electron chi connectivity index (χ0n) is 17.5. The summed E-state index contributed by atoms with van der Waals surface area (Å²) in [4.78, 5) is 22.1.